The number of nitrogens with one attached hydrogen (secondary N) is 1. The zero-order valence-corrected chi connectivity index (χ0v) is 16.9. The number of carbonyl (C=O) groups is 2. The van der Waals surface area contributed by atoms with Crippen LogP contribution in [-0.2, 0) is 17.8 Å². The fourth-order valence-electron chi connectivity index (χ4n) is 3.53. The summed E-state index contributed by atoms with van der Waals surface area (Å²) in [5, 5.41) is 2.91. The Bertz CT molecular complexity index is 1220. The third kappa shape index (κ3) is 4.86. The number of hydrogen-bond donors (Lipinski definition) is 1. The molecule has 0 spiro atoms. The van der Waals surface area contributed by atoms with Crippen LogP contribution in [0.3, 0.4) is 0 Å². The summed E-state index contributed by atoms with van der Waals surface area (Å²) in [6, 6.07) is 22.8. The molecule has 31 heavy (non-hydrogen) atoms. The SMILES string of the molecule is O=C(Cn1c(C(=O)c2cccc(F)c2)nc2ccccc21)NCCCc1ccccc1. The number of halogens is 1. The minimum Gasteiger partial charge on any atom is -0.355 e. The van der Waals surface area contributed by atoms with Gasteiger partial charge in [-0.25, -0.2) is 9.37 Å². The second-order valence-corrected chi connectivity index (χ2v) is 7.29. The normalized spacial score (nSPS) is 10.9. The van der Waals surface area contributed by atoms with Gasteiger partial charge in [0.1, 0.15) is 12.4 Å². The first-order valence-electron chi connectivity index (χ1n) is 10.2. The number of aryl methyl sites for hydroxylation is 1. The Balaban J connectivity index is 1.49. The predicted octanol–water partition coefficient (Wildman–Crippen LogP) is 4.16. The number of ketones is 1. The Labute approximate surface area is 179 Å². The zero-order valence-electron chi connectivity index (χ0n) is 16.9. The molecule has 3 aromatic carbocycles. The summed E-state index contributed by atoms with van der Waals surface area (Å²) >= 11 is 0. The first kappa shape index (κ1) is 20.5. The van der Waals surface area contributed by atoms with Crippen LogP contribution in [0.1, 0.15) is 28.2 Å². The molecule has 0 aliphatic rings. The van der Waals surface area contributed by atoms with Gasteiger partial charge in [-0.05, 0) is 42.7 Å². The van der Waals surface area contributed by atoms with E-state index in [9.17, 15) is 14.0 Å². The molecule has 156 valence electrons. The van der Waals surface area contributed by atoms with Gasteiger partial charge >= 0.3 is 0 Å². The van der Waals surface area contributed by atoms with Crippen LogP contribution >= 0.6 is 0 Å². The van der Waals surface area contributed by atoms with E-state index in [2.05, 4.69) is 22.4 Å². The highest BCUT2D eigenvalue weighted by Crippen LogP contribution is 2.19. The van der Waals surface area contributed by atoms with Crippen molar-refractivity contribution in [2.24, 2.45) is 0 Å². The quantitative estimate of drug-likeness (QED) is 0.347. The standard InChI is InChI=1S/C25H22FN3O2/c26-20-12-6-11-19(16-20)24(31)25-28-21-13-4-5-14-22(21)29(25)17-23(30)27-15-7-10-18-8-2-1-3-9-18/h1-6,8-9,11-14,16H,7,10,15,17H2,(H,27,30). The lowest BCUT2D eigenvalue weighted by Gasteiger charge is -2.10. The molecular formula is C25H22FN3O2. The minimum absolute atomic E-state index is 0.0394. The van der Waals surface area contributed by atoms with Gasteiger partial charge in [0.25, 0.3) is 0 Å². The summed E-state index contributed by atoms with van der Waals surface area (Å²) in [6.45, 7) is 0.496. The van der Waals surface area contributed by atoms with Crippen LogP contribution in [0.25, 0.3) is 11.0 Å². The fraction of sp³-hybridized carbons (Fsp3) is 0.160. The van der Waals surface area contributed by atoms with Crippen molar-refractivity contribution in [3.05, 3.63) is 102 Å². The maximum absolute atomic E-state index is 13.6. The monoisotopic (exact) mass is 415 g/mol. The summed E-state index contributed by atoms with van der Waals surface area (Å²) in [6.07, 6.45) is 1.69. The first-order valence-corrected chi connectivity index (χ1v) is 10.2. The third-order valence-corrected chi connectivity index (χ3v) is 5.05. The average Bonchev–Trinajstić information content (AvgIpc) is 3.15. The largest absolute Gasteiger partial charge is 0.355 e. The van der Waals surface area contributed by atoms with E-state index >= 15 is 0 Å². The molecule has 4 rings (SSSR count). The number of carbonyl (C=O) groups excluding carboxylic acids is 2. The van der Waals surface area contributed by atoms with Crippen molar-refractivity contribution in [1.29, 1.82) is 0 Å². The maximum atomic E-state index is 13.6. The van der Waals surface area contributed by atoms with Crippen LogP contribution in [0.4, 0.5) is 4.39 Å². The smallest absolute Gasteiger partial charge is 0.240 e. The number of para-hydroxylation sites is 2. The number of nitrogens with zero attached hydrogens (tertiary/aromatic N) is 2. The highest BCUT2D eigenvalue weighted by Gasteiger charge is 2.21. The highest BCUT2D eigenvalue weighted by atomic mass is 19.1. The molecule has 0 bridgehead atoms. The predicted molar refractivity (Wildman–Crippen MR) is 117 cm³/mol. The van der Waals surface area contributed by atoms with Crippen molar-refractivity contribution >= 4 is 22.7 Å². The molecule has 4 aromatic rings. The second-order valence-electron chi connectivity index (χ2n) is 7.29. The molecule has 0 atom stereocenters. The molecule has 6 heteroatoms. The minimum atomic E-state index is -0.496. The van der Waals surface area contributed by atoms with Crippen LogP contribution in [0.2, 0.25) is 0 Å². The number of benzene rings is 3. The number of rotatable bonds is 8. The van der Waals surface area contributed by atoms with Crippen LogP contribution in [0, 0.1) is 5.82 Å². The summed E-state index contributed by atoms with van der Waals surface area (Å²) in [4.78, 5) is 30.0. The van der Waals surface area contributed by atoms with Gasteiger partial charge in [0.2, 0.25) is 11.7 Å². The van der Waals surface area contributed by atoms with Crippen molar-refractivity contribution in [2.45, 2.75) is 19.4 Å². The van der Waals surface area contributed by atoms with Crippen LogP contribution in [-0.4, -0.2) is 27.8 Å². The molecule has 1 N–H and O–H groups in total. The number of hydrogen-bond acceptors (Lipinski definition) is 3. The van der Waals surface area contributed by atoms with Crippen LogP contribution < -0.4 is 5.32 Å². The molecule has 1 aromatic heterocycles. The molecule has 5 nitrogen and oxygen atoms in total. The molecular weight excluding hydrogens is 393 g/mol. The van der Waals surface area contributed by atoms with E-state index in [1.807, 2.05) is 36.4 Å². The molecule has 1 heterocycles. The fourth-order valence-corrected chi connectivity index (χ4v) is 3.53. The van der Waals surface area contributed by atoms with E-state index in [0.717, 1.165) is 12.8 Å². The lowest BCUT2D eigenvalue weighted by molar-refractivity contribution is -0.121. The summed E-state index contributed by atoms with van der Waals surface area (Å²) < 4.78 is 15.2. The average molecular weight is 415 g/mol. The number of fused-ring (bicyclic) bond motifs is 1. The van der Waals surface area contributed by atoms with Crippen molar-refractivity contribution in [1.82, 2.24) is 14.9 Å². The summed E-state index contributed by atoms with van der Waals surface area (Å²) in [7, 11) is 0. The molecule has 0 unspecified atom stereocenters. The van der Waals surface area contributed by atoms with Gasteiger partial charge in [-0.15, -0.1) is 0 Å². The van der Waals surface area contributed by atoms with E-state index in [4.69, 9.17) is 0 Å². The van der Waals surface area contributed by atoms with E-state index in [-0.39, 0.29) is 23.8 Å². The Morgan fingerprint density at radius 3 is 2.52 bits per heavy atom. The molecule has 0 radical (unpaired) electrons. The molecule has 0 aliphatic heterocycles. The van der Waals surface area contributed by atoms with Gasteiger partial charge in [0, 0.05) is 12.1 Å². The Hall–Kier alpha value is -3.80. The van der Waals surface area contributed by atoms with E-state index in [1.165, 1.54) is 23.8 Å². The lowest BCUT2D eigenvalue weighted by Crippen LogP contribution is -2.30. The number of aromatic nitrogens is 2. The highest BCUT2D eigenvalue weighted by molar-refractivity contribution is 6.08. The van der Waals surface area contributed by atoms with Crippen molar-refractivity contribution in [2.75, 3.05) is 6.54 Å². The van der Waals surface area contributed by atoms with E-state index in [0.29, 0.717) is 17.6 Å². The van der Waals surface area contributed by atoms with Gasteiger partial charge in [-0.2, -0.15) is 0 Å². The van der Waals surface area contributed by atoms with Gasteiger partial charge < -0.3 is 9.88 Å². The Kier molecular flexibility index (Phi) is 6.17. The topological polar surface area (TPSA) is 64.0 Å². The van der Waals surface area contributed by atoms with Crippen molar-refractivity contribution in [3.8, 4) is 0 Å². The molecule has 0 saturated heterocycles. The lowest BCUT2D eigenvalue weighted by atomic mass is 10.1. The molecule has 0 aliphatic carbocycles. The van der Waals surface area contributed by atoms with Gasteiger partial charge in [-0.1, -0.05) is 54.6 Å². The second kappa shape index (κ2) is 9.34. The first-order chi connectivity index (χ1) is 15.1. The van der Waals surface area contributed by atoms with Crippen molar-refractivity contribution in [3.63, 3.8) is 0 Å². The maximum Gasteiger partial charge on any atom is 0.240 e. The van der Waals surface area contributed by atoms with Crippen LogP contribution in [0.15, 0.2) is 78.9 Å². The molecule has 0 fully saturated rings. The van der Waals surface area contributed by atoms with E-state index < -0.39 is 11.6 Å². The van der Waals surface area contributed by atoms with Gasteiger partial charge in [0.05, 0.1) is 11.0 Å². The number of amides is 1. The Morgan fingerprint density at radius 2 is 1.71 bits per heavy atom. The van der Waals surface area contributed by atoms with Crippen LogP contribution in [0.5, 0.6) is 0 Å². The van der Waals surface area contributed by atoms with Crippen molar-refractivity contribution < 1.29 is 14.0 Å². The zero-order chi connectivity index (χ0) is 21.6. The Morgan fingerprint density at radius 1 is 0.935 bits per heavy atom. The summed E-state index contributed by atoms with van der Waals surface area (Å²) in [5.41, 5.74) is 2.71. The molecule has 1 amide bonds. The molecule has 0 saturated carbocycles. The third-order valence-electron chi connectivity index (χ3n) is 5.05. The van der Waals surface area contributed by atoms with Gasteiger partial charge in [-0.3, -0.25) is 9.59 Å². The van der Waals surface area contributed by atoms with E-state index in [1.54, 1.807) is 16.7 Å². The van der Waals surface area contributed by atoms with Gasteiger partial charge in [0.15, 0.2) is 5.82 Å². The summed E-state index contributed by atoms with van der Waals surface area (Å²) in [5.74, 6) is -1.01. The number of imidazole rings is 1.